The second-order valence-corrected chi connectivity index (χ2v) is 9.36. The van der Waals surface area contributed by atoms with E-state index in [0.717, 1.165) is 49.8 Å². The third kappa shape index (κ3) is 5.72. The smallest absolute Gasteiger partial charge is 0.290 e. The molecule has 0 saturated carbocycles. The van der Waals surface area contributed by atoms with Crippen molar-refractivity contribution >= 4 is 34.9 Å². The number of aromatic nitrogens is 5. The van der Waals surface area contributed by atoms with Gasteiger partial charge >= 0.3 is 0 Å². The highest BCUT2D eigenvalue weighted by molar-refractivity contribution is 8.18. The highest BCUT2D eigenvalue weighted by atomic mass is 32.2. The van der Waals surface area contributed by atoms with Crippen LogP contribution in [-0.2, 0) is 11.3 Å². The standard InChI is InChI=1S/C23H23FN8O2S/c24-16-7-18(29-19(8-16)15-11-27-28-12-15)13-25-10-14-2-5-32(6-3-14)22-26-4-1-17(30-22)9-20-21(33)31-23(34)35-20/h1,4,7-9,11-12,14,25H,2-3,5-6,10,13H2,(H,27,28)(H,31,33,34)/b20-9-. The molecule has 5 rings (SSSR count). The third-order valence-electron chi connectivity index (χ3n) is 5.86. The Balaban J connectivity index is 1.12. The summed E-state index contributed by atoms with van der Waals surface area (Å²) >= 11 is 0.868. The van der Waals surface area contributed by atoms with E-state index < -0.39 is 5.91 Å². The molecule has 2 amide bonds. The number of piperidine rings is 1. The first kappa shape index (κ1) is 23.1. The van der Waals surface area contributed by atoms with Crippen molar-refractivity contribution in [1.82, 2.24) is 35.8 Å². The Hall–Kier alpha value is -3.64. The molecule has 5 heterocycles. The Morgan fingerprint density at radius 1 is 1.23 bits per heavy atom. The predicted octanol–water partition coefficient (Wildman–Crippen LogP) is 2.73. The molecule has 2 aliphatic rings. The van der Waals surface area contributed by atoms with Crippen molar-refractivity contribution in [3.8, 4) is 11.3 Å². The van der Waals surface area contributed by atoms with Gasteiger partial charge in [0, 0.05) is 43.7 Å². The van der Waals surface area contributed by atoms with Crippen molar-refractivity contribution in [2.45, 2.75) is 19.4 Å². The van der Waals surface area contributed by atoms with Gasteiger partial charge in [-0.3, -0.25) is 25.0 Å². The Morgan fingerprint density at radius 3 is 2.83 bits per heavy atom. The van der Waals surface area contributed by atoms with Crippen molar-refractivity contribution in [2.24, 2.45) is 5.92 Å². The van der Waals surface area contributed by atoms with Crippen molar-refractivity contribution in [2.75, 3.05) is 24.5 Å². The molecule has 35 heavy (non-hydrogen) atoms. The number of amides is 2. The third-order valence-corrected chi connectivity index (χ3v) is 6.67. The van der Waals surface area contributed by atoms with E-state index in [1.165, 1.54) is 12.1 Å². The molecule has 0 bridgehead atoms. The van der Waals surface area contributed by atoms with Gasteiger partial charge in [0.1, 0.15) is 5.82 Å². The Kier molecular flexibility index (Phi) is 6.82. The fraction of sp³-hybridized carbons (Fsp3) is 0.304. The second-order valence-electron chi connectivity index (χ2n) is 8.34. The van der Waals surface area contributed by atoms with E-state index in [1.807, 2.05) is 0 Å². The average molecular weight is 495 g/mol. The zero-order valence-corrected chi connectivity index (χ0v) is 19.5. The van der Waals surface area contributed by atoms with Crippen molar-refractivity contribution in [1.29, 1.82) is 0 Å². The molecular formula is C23H23FN8O2S. The van der Waals surface area contributed by atoms with E-state index in [9.17, 15) is 14.0 Å². The number of carbonyl (C=O) groups excluding carboxylic acids is 2. The van der Waals surface area contributed by atoms with E-state index in [2.05, 4.69) is 40.7 Å². The van der Waals surface area contributed by atoms with E-state index in [0.29, 0.717) is 40.4 Å². The molecular weight excluding hydrogens is 471 g/mol. The van der Waals surface area contributed by atoms with Gasteiger partial charge in [-0.25, -0.2) is 14.4 Å². The number of thioether (sulfide) groups is 1. The second kappa shape index (κ2) is 10.3. The van der Waals surface area contributed by atoms with Gasteiger partial charge in [-0.1, -0.05) is 0 Å². The van der Waals surface area contributed by atoms with Gasteiger partial charge in [0.05, 0.1) is 28.2 Å². The summed E-state index contributed by atoms with van der Waals surface area (Å²) in [5.74, 6) is 0.358. The van der Waals surface area contributed by atoms with Crippen LogP contribution in [0.25, 0.3) is 17.3 Å². The molecule has 180 valence electrons. The van der Waals surface area contributed by atoms with Crippen LogP contribution in [0.3, 0.4) is 0 Å². The number of nitrogens with zero attached hydrogens (tertiary/aromatic N) is 5. The number of nitrogens with one attached hydrogen (secondary N) is 3. The lowest BCUT2D eigenvalue weighted by atomic mass is 9.97. The first-order valence-corrected chi connectivity index (χ1v) is 12.0. The molecule has 3 aromatic rings. The fourth-order valence-corrected chi connectivity index (χ4v) is 4.74. The summed E-state index contributed by atoms with van der Waals surface area (Å²) in [6, 6.07) is 4.56. The molecule has 0 unspecified atom stereocenters. The summed E-state index contributed by atoms with van der Waals surface area (Å²) in [6.07, 6.45) is 8.50. The zero-order valence-electron chi connectivity index (χ0n) is 18.7. The van der Waals surface area contributed by atoms with E-state index in [4.69, 9.17) is 0 Å². The number of halogens is 1. The van der Waals surface area contributed by atoms with Gasteiger partial charge in [-0.2, -0.15) is 5.10 Å². The summed E-state index contributed by atoms with van der Waals surface area (Å²) in [7, 11) is 0. The predicted molar refractivity (Wildman–Crippen MR) is 130 cm³/mol. The van der Waals surface area contributed by atoms with Crippen molar-refractivity contribution in [3.05, 3.63) is 58.9 Å². The number of hydrogen-bond acceptors (Lipinski definition) is 9. The number of imide groups is 1. The molecule has 2 fully saturated rings. The van der Waals surface area contributed by atoms with E-state index in [-0.39, 0.29) is 11.1 Å². The molecule has 0 radical (unpaired) electrons. The van der Waals surface area contributed by atoms with Gasteiger partial charge in [-0.15, -0.1) is 0 Å². The number of hydrogen-bond donors (Lipinski definition) is 3. The quantitative estimate of drug-likeness (QED) is 0.425. The molecule has 12 heteroatoms. The average Bonchev–Trinajstić information content (AvgIpc) is 3.49. The molecule has 2 aliphatic heterocycles. The van der Waals surface area contributed by atoms with E-state index >= 15 is 0 Å². The van der Waals surface area contributed by atoms with E-state index in [1.54, 1.807) is 30.7 Å². The summed E-state index contributed by atoms with van der Waals surface area (Å²) in [5.41, 5.74) is 2.54. The molecule has 0 spiro atoms. The molecule has 0 aromatic carbocycles. The van der Waals surface area contributed by atoms with Crippen LogP contribution >= 0.6 is 11.8 Å². The minimum Gasteiger partial charge on any atom is -0.341 e. The molecule has 0 atom stereocenters. The fourth-order valence-electron chi connectivity index (χ4n) is 4.07. The summed E-state index contributed by atoms with van der Waals surface area (Å²) in [5, 5.41) is 11.9. The monoisotopic (exact) mass is 494 g/mol. The zero-order chi connectivity index (χ0) is 24.2. The Labute approximate surface area is 204 Å². The lowest BCUT2D eigenvalue weighted by Gasteiger charge is -2.32. The van der Waals surface area contributed by atoms with Crippen LogP contribution in [0.1, 0.15) is 24.2 Å². The lowest BCUT2D eigenvalue weighted by Crippen LogP contribution is -2.38. The van der Waals surface area contributed by atoms with Crippen LogP contribution in [0, 0.1) is 11.7 Å². The van der Waals surface area contributed by atoms with Crippen LogP contribution in [0.4, 0.5) is 15.1 Å². The minimum absolute atomic E-state index is 0.321. The first-order valence-electron chi connectivity index (χ1n) is 11.2. The van der Waals surface area contributed by atoms with Gasteiger partial charge in [0.15, 0.2) is 0 Å². The van der Waals surface area contributed by atoms with Gasteiger partial charge in [0.2, 0.25) is 5.95 Å². The lowest BCUT2D eigenvalue weighted by molar-refractivity contribution is -0.115. The highest BCUT2D eigenvalue weighted by Gasteiger charge is 2.25. The minimum atomic E-state index is -0.403. The molecule has 3 N–H and O–H groups in total. The number of rotatable bonds is 7. The maximum atomic E-state index is 14.0. The Bertz CT molecular complexity index is 1260. The Morgan fingerprint density at radius 2 is 2.09 bits per heavy atom. The van der Waals surface area contributed by atoms with Gasteiger partial charge < -0.3 is 10.2 Å². The molecule has 2 saturated heterocycles. The molecule has 10 nitrogen and oxygen atoms in total. The number of anilines is 1. The number of pyridine rings is 1. The summed E-state index contributed by atoms with van der Waals surface area (Å²) < 4.78 is 14.0. The summed E-state index contributed by atoms with van der Waals surface area (Å²) in [4.78, 5) is 39.0. The van der Waals surface area contributed by atoms with Crippen molar-refractivity contribution in [3.63, 3.8) is 0 Å². The number of aromatic amines is 1. The maximum Gasteiger partial charge on any atom is 0.290 e. The van der Waals surface area contributed by atoms with Gasteiger partial charge in [-0.05, 0) is 55.3 Å². The normalized spacial score (nSPS) is 17.9. The molecule has 0 aliphatic carbocycles. The van der Waals surface area contributed by atoms with Crippen LogP contribution in [0.2, 0.25) is 0 Å². The largest absolute Gasteiger partial charge is 0.341 e. The number of carbonyl (C=O) groups is 2. The van der Waals surface area contributed by atoms with Crippen molar-refractivity contribution < 1.29 is 14.0 Å². The van der Waals surface area contributed by atoms with Crippen LogP contribution in [0.5, 0.6) is 0 Å². The maximum absolute atomic E-state index is 14.0. The SMILES string of the molecule is O=C1NC(=O)/C(=C/c2ccnc(N3CCC(CNCc4cc(F)cc(-c5cn[nH]c5)n4)CC3)n2)S1. The first-order chi connectivity index (χ1) is 17.0. The van der Waals surface area contributed by atoms with Crippen LogP contribution in [0.15, 0.2) is 41.7 Å². The topological polar surface area (TPSA) is 129 Å². The molecule has 3 aromatic heterocycles. The number of H-pyrrole nitrogens is 1. The van der Waals surface area contributed by atoms with Gasteiger partial charge in [0.25, 0.3) is 11.1 Å². The highest BCUT2D eigenvalue weighted by Crippen LogP contribution is 2.26. The van der Waals surface area contributed by atoms with Crippen LogP contribution in [-0.4, -0.2) is 55.9 Å². The van der Waals surface area contributed by atoms with Crippen LogP contribution < -0.4 is 15.5 Å². The summed E-state index contributed by atoms with van der Waals surface area (Å²) in [6.45, 7) is 2.91.